The molecule has 2 aromatic heterocycles. The summed E-state index contributed by atoms with van der Waals surface area (Å²) >= 11 is 0. The fourth-order valence-electron chi connectivity index (χ4n) is 4.44. The second-order valence-corrected chi connectivity index (χ2v) is 10.7. The zero-order chi connectivity index (χ0) is 24.6. The minimum absolute atomic E-state index is 0.130. The fraction of sp³-hybridized carbons (Fsp3) is 0.231. The van der Waals surface area contributed by atoms with E-state index in [1.807, 2.05) is 53.1 Å². The summed E-state index contributed by atoms with van der Waals surface area (Å²) in [5.74, 6) is 1.65. The molecule has 0 N–H and O–H groups in total. The van der Waals surface area contributed by atoms with Crippen LogP contribution >= 0.6 is 0 Å². The number of amides is 1. The second kappa shape index (κ2) is 9.07. The van der Waals surface area contributed by atoms with Crippen LogP contribution in [0.15, 0.2) is 71.3 Å². The zero-order valence-electron chi connectivity index (χ0n) is 19.5. The van der Waals surface area contributed by atoms with Crippen LogP contribution in [-0.2, 0) is 28.7 Å². The van der Waals surface area contributed by atoms with Crippen LogP contribution in [0.5, 0.6) is 5.75 Å². The molecule has 9 heteroatoms. The Morgan fingerprint density at radius 2 is 1.91 bits per heavy atom. The Hall–Kier alpha value is -3.85. The summed E-state index contributed by atoms with van der Waals surface area (Å²) in [6.45, 7) is 1.22. The van der Waals surface area contributed by atoms with Crippen molar-refractivity contribution >= 4 is 15.7 Å². The third kappa shape index (κ3) is 4.59. The molecule has 1 aliphatic heterocycles. The van der Waals surface area contributed by atoms with Gasteiger partial charge in [0.05, 0.1) is 42.6 Å². The molecule has 1 amide bonds. The van der Waals surface area contributed by atoms with Crippen molar-refractivity contribution in [3.05, 3.63) is 83.9 Å². The minimum atomic E-state index is -3.34. The molecule has 0 saturated heterocycles. The van der Waals surface area contributed by atoms with Gasteiger partial charge in [0.25, 0.3) is 5.91 Å². The van der Waals surface area contributed by atoms with Crippen molar-refractivity contribution < 1.29 is 22.4 Å². The highest BCUT2D eigenvalue weighted by Gasteiger charge is 2.30. The molecule has 0 radical (unpaired) electrons. The molecule has 180 valence electrons. The number of hydrogen-bond acceptors (Lipinski definition) is 6. The van der Waals surface area contributed by atoms with E-state index in [-0.39, 0.29) is 18.2 Å². The van der Waals surface area contributed by atoms with Gasteiger partial charge in [0, 0.05) is 30.5 Å². The normalized spacial score (nSPS) is 13.5. The van der Waals surface area contributed by atoms with Gasteiger partial charge in [0.1, 0.15) is 17.3 Å². The summed E-state index contributed by atoms with van der Waals surface area (Å²) in [5, 5.41) is 0. The smallest absolute Gasteiger partial charge is 0.254 e. The van der Waals surface area contributed by atoms with E-state index in [0.717, 1.165) is 16.8 Å². The number of benzene rings is 2. The number of hydrogen-bond donors (Lipinski definition) is 0. The van der Waals surface area contributed by atoms with Crippen LogP contribution in [0.4, 0.5) is 0 Å². The molecule has 0 unspecified atom stereocenters. The van der Waals surface area contributed by atoms with Crippen molar-refractivity contribution in [3.63, 3.8) is 0 Å². The molecular formula is C26H25N3O5S. The molecule has 0 saturated carbocycles. The molecule has 0 spiro atoms. The van der Waals surface area contributed by atoms with Crippen molar-refractivity contribution in [2.45, 2.75) is 18.8 Å². The van der Waals surface area contributed by atoms with Gasteiger partial charge >= 0.3 is 0 Å². The Morgan fingerprint density at radius 3 is 2.66 bits per heavy atom. The van der Waals surface area contributed by atoms with Crippen LogP contribution in [0.3, 0.4) is 0 Å². The maximum atomic E-state index is 13.4. The monoisotopic (exact) mass is 491 g/mol. The zero-order valence-corrected chi connectivity index (χ0v) is 20.3. The molecule has 1 aliphatic rings. The Balaban J connectivity index is 1.51. The van der Waals surface area contributed by atoms with E-state index < -0.39 is 9.84 Å². The Bertz CT molecular complexity index is 1490. The highest BCUT2D eigenvalue weighted by molar-refractivity contribution is 7.89. The molecule has 3 heterocycles. The van der Waals surface area contributed by atoms with E-state index in [0.29, 0.717) is 41.7 Å². The summed E-state index contributed by atoms with van der Waals surface area (Å²) in [5.41, 5.74) is 3.32. The number of imidazole rings is 1. The number of sulfone groups is 1. The Morgan fingerprint density at radius 1 is 1.09 bits per heavy atom. The van der Waals surface area contributed by atoms with Gasteiger partial charge < -0.3 is 18.6 Å². The lowest BCUT2D eigenvalue weighted by Gasteiger charge is -2.30. The molecule has 0 atom stereocenters. The number of para-hydroxylation sites is 1. The third-order valence-electron chi connectivity index (χ3n) is 6.04. The maximum Gasteiger partial charge on any atom is 0.254 e. The van der Waals surface area contributed by atoms with Gasteiger partial charge in [-0.15, -0.1) is 0 Å². The number of rotatable bonds is 6. The topological polar surface area (TPSA) is 94.6 Å². The lowest BCUT2D eigenvalue weighted by atomic mass is 10.1. The first-order valence-electron chi connectivity index (χ1n) is 11.2. The quantitative estimate of drug-likeness (QED) is 0.404. The highest BCUT2D eigenvalue weighted by Crippen LogP contribution is 2.33. The number of carbonyl (C=O) groups excluding carboxylic acids is 1. The van der Waals surface area contributed by atoms with E-state index >= 15 is 0 Å². The number of fused-ring (bicyclic) bond motifs is 1. The third-order valence-corrected chi connectivity index (χ3v) is 6.84. The fourth-order valence-corrected chi connectivity index (χ4v) is 5.17. The molecule has 35 heavy (non-hydrogen) atoms. The lowest BCUT2D eigenvalue weighted by molar-refractivity contribution is 0.0711. The lowest BCUT2D eigenvalue weighted by Crippen LogP contribution is -2.38. The molecule has 0 aliphatic carbocycles. The number of methoxy groups -OCH3 is 1. The highest BCUT2D eigenvalue weighted by atomic mass is 32.2. The molecule has 2 aromatic carbocycles. The summed E-state index contributed by atoms with van der Waals surface area (Å²) < 4.78 is 37.3. The number of ether oxygens (including phenoxy) is 1. The number of nitrogens with zero attached hydrogens (tertiary/aromatic N) is 3. The molecule has 8 nitrogen and oxygen atoms in total. The Kier molecular flexibility index (Phi) is 5.94. The van der Waals surface area contributed by atoms with Gasteiger partial charge in [-0.05, 0) is 36.4 Å². The molecule has 4 aromatic rings. The summed E-state index contributed by atoms with van der Waals surface area (Å²) in [6, 6.07) is 18.5. The van der Waals surface area contributed by atoms with Crippen molar-refractivity contribution in [3.8, 4) is 28.5 Å². The SMILES string of the molecule is COc1ccccc1-c1nc(CS(C)(=O)=O)c2n1CCN(C(=O)c1cccc(-c3ccco3)c1)C2. The van der Waals surface area contributed by atoms with Gasteiger partial charge in [-0.25, -0.2) is 13.4 Å². The first-order chi connectivity index (χ1) is 16.8. The standard InChI is InChI=1S/C26H25N3O5S/c1-33-24-10-4-3-9-20(24)25-27-21(17-35(2,31)32)22-16-28(12-13-29(22)25)26(30)19-8-5-7-18(15-19)23-11-6-14-34-23/h3-11,14-15H,12-13,16-17H2,1-2H3. The Labute approximate surface area is 203 Å². The predicted molar refractivity (Wildman–Crippen MR) is 132 cm³/mol. The van der Waals surface area contributed by atoms with E-state index in [1.54, 1.807) is 30.4 Å². The largest absolute Gasteiger partial charge is 0.496 e. The summed E-state index contributed by atoms with van der Waals surface area (Å²) in [4.78, 5) is 19.9. The van der Waals surface area contributed by atoms with Crippen LogP contribution in [0.25, 0.3) is 22.7 Å². The number of furan rings is 1. The van der Waals surface area contributed by atoms with Crippen molar-refractivity contribution in [1.29, 1.82) is 0 Å². The van der Waals surface area contributed by atoms with Gasteiger partial charge in [0.15, 0.2) is 9.84 Å². The predicted octanol–water partition coefficient (Wildman–Crippen LogP) is 4.02. The van der Waals surface area contributed by atoms with Gasteiger partial charge in [-0.1, -0.05) is 24.3 Å². The van der Waals surface area contributed by atoms with Gasteiger partial charge in [-0.2, -0.15) is 0 Å². The second-order valence-electron chi connectivity index (χ2n) is 8.54. The summed E-state index contributed by atoms with van der Waals surface area (Å²) in [6.07, 6.45) is 2.78. The minimum Gasteiger partial charge on any atom is -0.496 e. The van der Waals surface area contributed by atoms with E-state index in [2.05, 4.69) is 0 Å². The average Bonchev–Trinajstić information content (AvgIpc) is 3.51. The average molecular weight is 492 g/mol. The van der Waals surface area contributed by atoms with Crippen LogP contribution in [0, 0.1) is 0 Å². The van der Waals surface area contributed by atoms with Crippen molar-refractivity contribution in [1.82, 2.24) is 14.5 Å². The molecular weight excluding hydrogens is 466 g/mol. The van der Waals surface area contributed by atoms with Crippen molar-refractivity contribution in [2.75, 3.05) is 19.9 Å². The maximum absolute atomic E-state index is 13.4. The first kappa shape index (κ1) is 22.9. The van der Waals surface area contributed by atoms with Gasteiger partial charge in [-0.3, -0.25) is 4.79 Å². The molecule has 0 fully saturated rings. The van der Waals surface area contributed by atoms with E-state index in [9.17, 15) is 13.2 Å². The first-order valence-corrected chi connectivity index (χ1v) is 13.2. The van der Waals surface area contributed by atoms with Crippen LogP contribution < -0.4 is 4.74 Å². The van der Waals surface area contributed by atoms with E-state index in [4.69, 9.17) is 14.1 Å². The van der Waals surface area contributed by atoms with Crippen LogP contribution in [-0.4, -0.2) is 48.7 Å². The van der Waals surface area contributed by atoms with E-state index in [1.165, 1.54) is 6.26 Å². The van der Waals surface area contributed by atoms with Gasteiger partial charge in [0.2, 0.25) is 0 Å². The van der Waals surface area contributed by atoms with Crippen LogP contribution in [0.2, 0.25) is 0 Å². The molecule has 5 rings (SSSR count). The number of aromatic nitrogens is 2. The van der Waals surface area contributed by atoms with Crippen molar-refractivity contribution in [2.24, 2.45) is 0 Å². The summed E-state index contributed by atoms with van der Waals surface area (Å²) in [7, 11) is -1.75. The molecule has 0 bridgehead atoms. The van der Waals surface area contributed by atoms with Crippen LogP contribution in [0.1, 0.15) is 21.7 Å². The number of carbonyl (C=O) groups is 1.